The van der Waals surface area contributed by atoms with Crippen LogP contribution in [0.3, 0.4) is 0 Å². The van der Waals surface area contributed by atoms with Crippen LogP contribution in [0.2, 0.25) is 0 Å². The van der Waals surface area contributed by atoms with Crippen molar-refractivity contribution in [1.82, 2.24) is 9.97 Å². The predicted octanol–water partition coefficient (Wildman–Crippen LogP) is 2.81. The fraction of sp³-hybridized carbons (Fsp3) is 0.357. The number of imidazole rings is 1. The molecule has 18 heavy (non-hydrogen) atoms. The van der Waals surface area contributed by atoms with Crippen LogP contribution in [0.15, 0.2) is 23.1 Å². The molecular formula is C14H18N2O2. The third kappa shape index (κ3) is 2.18. The Morgan fingerprint density at radius 3 is 2.50 bits per heavy atom. The predicted molar refractivity (Wildman–Crippen MR) is 72.2 cm³/mol. The van der Waals surface area contributed by atoms with E-state index in [1.807, 2.05) is 13.0 Å². The molecule has 0 aliphatic carbocycles. The Kier molecular flexibility index (Phi) is 3.28. The number of methoxy groups -OCH3 is 1. The lowest BCUT2D eigenvalue weighted by Crippen LogP contribution is -2.01. The molecule has 2 N–H and O–H groups in total. The number of rotatable bonds is 3. The summed E-state index contributed by atoms with van der Waals surface area (Å²) < 4.78 is 5.40. The highest BCUT2D eigenvalue weighted by atomic mass is 16.5. The van der Waals surface area contributed by atoms with E-state index in [0.29, 0.717) is 5.92 Å². The molecule has 2 aromatic rings. The summed E-state index contributed by atoms with van der Waals surface area (Å²) in [5.41, 5.74) is 3.86. The summed E-state index contributed by atoms with van der Waals surface area (Å²) in [5, 5.41) is 0. The molecule has 4 heteroatoms. The second-order valence-electron chi connectivity index (χ2n) is 4.72. The van der Waals surface area contributed by atoms with E-state index < -0.39 is 0 Å². The van der Waals surface area contributed by atoms with Crippen molar-refractivity contribution >= 4 is 0 Å². The van der Waals surface area contributed by atoms with Crippen LogP contribution in [0.4, 0.5) is 0 Å². The van der Waals surface area contributed by atoms with Crippen molar-refractivity contribution in [2.75, 3.05) is 7.11 Å². The normalized spacial score (nSPS) is 10.9. The van der Waals surface area contributed by atoms with Gasteiger partial charge in [-0.1, -0.05) is 13.8 Å². The molecule has 96 valence electrons. The van der Waals surface area contributed by atoms with E-state index in [1.54, 1.807) is 13.3 Å². The van der Waals surface area contributed by atoms with Gasteiger partial charge in [0.1, 0.15) is 5.75 Å². The van der Waals surface area contributed by atoms with Gasteiger partial charge in [-0.05, 0) is 36.1 Å². The molecule has 0 atom stereocenters. The molecular weight excluding hydrogens is 228 g/mol. The second-order valence-corrected chi connectivity index (χ2v) is 4.72. The third-order valence-electron chi connectivity index (χ3n) is 3.08. The highest BCUT2D eigenvalue weighted by molar-refractivity contribution is 5.66. The zero-order chi connectivity index (χ0) is 13.3. The monoisotopic (exact) mass is 246 g/mol. The number of ether oxygens (including phenoxy) is 1. The molecule has 1 aromatic carbocycles. The standard InChI is InChI=1S/C14H18N2O2/c1-8(2)10-6-11(9(3)5-13(10)18-4)12-7-15-14(17)16-12/h5-8H,1-4H3,(H2,15,16,17). The number of nitrogens with one attached hydrogen (secondary N) is 2. The summed E-state index contributed by atoms with van der Waals surface area (Å²) >= 11 is 0. The first-order chi connectivity index (χ1) is 8.52. The lowest BCUT2D eigenvalue weighted by Gasteiger charge is -2.15. The van der Waals surface area contributed by atoms with Crippen LogP contribution in [0, 0.1) is 6.92 Å². The van der Waals surface area contributed by atoms with Gasteiger partial charge in [-0.25, -0.2) is 4.79 Å². The molecule has 0 fully saturated rings. The first kappa shape index (κ1) is 12.5. The minimum absolute atomic E-state index is 0.189. The maximum Gasteiger partial charge on any atom is 0.323 e. The van der Waals surface area contributed by atoms with Gasteiger partial charge in [0.15, 0.2) is 0 Å². The fourth-order valence-corrected chi connectivity index (χ4v) is 2.09. The number of hydrogen-bond acceptors (Lipinski definition) is 2. The van der Waals surface area contributed by atoms with Crippen molar-refractivity contribution in [3.8, 4) is 17.0 Å². The van der Waals surface area contributed by atoms with Gasteiger partial charge in [0.05, 0.1) is 12.8 Å². The highest BCUT2D eigenvalue weighted by Crippen LogP contribution is 2.33. The molecule has 1 heterocycles. The minimum atomic E-state index is -0.189. The highest BCUT2D eigenvalue weighted by Gasteiger charge is 2.13. The van der Waals surface area contributed by atoms with Crippen molar-refractivity contribution in [3.63, 3.8) is 0 Å². The summed E-state index contributed by atoms with van der Waals surface area (Å²) in [6.45, 7) is 6.25. The van der Waals surface area contributed by atoms with Crippen LogP contribution in [-0.4, -0.2) is 17.1 Å². The van der Waals surface area contributed by atoms with Gasteiger partial charge in [0, 0.05) is 11.8 Å². The van der Waals surface area contributed by atoms with Gasteiger partial charge in [0.25, 0.3) is 0 Å². The Morgan fingerprint density at radius 1 is 1.28 bits per heavy atom. The van der Waals surface area contributed by atoms with Crippen LogP contribution >= 0.6 is 0 Å². The maximum atomic E-state index is 11.2. The van der Waals surface area contributed by atoms with Gasteiger partial charge in [-0.2, -0.15) is 0 Å². The summed E-state index contributed by atoms with van der Waals surface area (Å²) in [5.74, 6) is 1.26. The lowest BCUT2D eigenvalue weighted by molar-refractivity contribution is 0.407. The Bertz CT molecular complexity index is 608. The minimum Gasteiger partial charge on any atom is -0.496 e. The molecule has 2 rings (SSSR count). The second kappa shape index (κ2) is 4.72. The maximum absolute atomic E-state index is 11.2. The largest absolute Gasteiger partial charge is 0.496 e. The SMILES string of the molecule is COc1cc(C)c(-c2c[nH]c(=O)[nH]2)cc1C(C)C. The van der Waals surface area contributed by atoms with Gasteiger partial charge >= 0.3 is 5.69 Å². The average molecular weight is 246 g/mol. The Morgan fingerprint density at radius 2 is 2.00 bits per heavy atom. The third-order valence-corrected chi connectivity index (χ3v) is 3.08. The molecule has 0 aliphatic rings. The molecule has 0 saturated carbocycles. The first-order valence-corrected chi connectivity index (χ1v) is 5.99. The number of aryl methyl sites for hydroxylation is 1. The van der Waals surface area contributed by atoms with E-state index in [-0.39, 0.29) is 5.69 Å². The topological polar surface area (TPSA) is 57.9 Å². The zero-order valence-electron chi connectivity index (χ0n) is 11.1. The van der Waals surface area contributed by atoms with Gasteiger partial charge in [-0.3, -0.25) is 0 Å². The van der Waals surface area contributed by atoms with E-state index in [0.717, 1.165) is 28.1 Å². The number of aromatic amines is 2. The van der Waals surface area contributed by atoms with Crippen LogP contribution in [-0.2, 0) is 0 Å². The van der Waals surface area contributed by atoms with Gasteiger partial charge < -0.3 is 14.7 Å². The summed E-state index contributed by atoms with van der Waals surface area (Å²) in [6, 6.07) is 4.09. The van der Waals surface area contributed by atoms with E-state index in [2.05, 4.69) is 29.9 Å². The number of benzene rings is 1. The Labute approximate surface area is 106 Å². The van der Waals surface area contributed by atoms with Crippen molar-refractivity contribution in [2.24, 2.45) is 0 Å². The van der Waals surface area contributed by atoms with E-state index >= 15 is 0 Å². The molecule has 0 aliphatic heterocycles. The number of hydrogen-bond donors (Lipinski definition) is 2. The average Bonchev–Trinajstić information content (AvgIpc) is 2.74. The Hall–Kier alpha value is -1.97. The van der Waals surface area contributed by atoms with Crippen LogP contribution in [0.25, 0.3) is 11.3 Å². The van der Waals surface area contributed by atoms with E-state index in [1.165, 1.54) is 0 Å². The molecule has 0 radical (unpaired) electrons. The molecule has 1 aromatic heterocycles. The summed E-state index contributed by atoms with van der Waals surface area (Å²) in [4.78, 5) is 16.6. The number of H-pyrrole nitrogens is 2. The van der Waals surface area contributed by atoms with Crippen molar-refractivity contribution in [2.45, 2.75) is 26.7 Å². The smallest absolute Gasteiger partial charge is 0.323 e. The van der Waals surface area contributed by atoms with Gasteiger partial charge in [-0.15, -0.1) is 0 Å². The van der Waals surface area contributed by atoms with Crippen LogP contribution in [0.5, 0.6) is 5.75 Å². The molecule has 0 unspecified atom stereocenters. The van der Waals surface area contributed by atoms with Crippen molar-refractivity contribution in [3.05, 3.63) is 39.9 Å². The summed E-state index contributed by atoms with van der Waals surface area (Å²) in [6.07, 6.45) is 1.70. The molecule has 0 saturated heterocycles. The molecule has 0 bridgehead atoms. The molecule has 4 nitrogen and oxygen atoms in total. The van der Waals surface area contributed by atoms with E-state index in [9.17, 15) is 4.79 Å². The zero-order valence-corrected chi connectivity index (χ0v) is 11.1. The van der Waals surface area contributed by atoms with Gasteiger partial charge in [0.2, 0.25) is 0 Å². The quantitative estimate of drug-likeness (QED) is 0.874. The van der Waals surface area contributed by atoms with Crippen molar-refractivity contribution < 1.29 is 4.74 Å². The fourth-order valence-electron chi connectivity index (χ4n) is 2.09. The van der Waals surface area contributed by atoms with E-state index in [4.69, 9.17) is 4.74 Å². The first-order valence-electron chi connectivity index (χ1n) is 5.99. The van der Waals surface area contributed by atoms with Crippen LogP contribution in [0.1, 0.15) is 30.9 Å². The van der Waals surface area contributed by atoms with Crippen LogP contribution < -0.4 is 10.4 Å². The number of aromatic nitrogens is 2. The molecule has 0 amide bonds. The Balaban J connectivity index is 2.61. The summed E-state index contributed by atoms with van der Waals surface area (Å²) in [7, 11) is 1.68. The van der Waals surface area contributed by atoms with Crippen molar-refractivity contribution in [1.29, 1.82) is 0 Å². The lowest BCUT2D eigenvalue weighted by atomic mass is 9.95. The molecule has 0 spiro atoms.